The van der Waals surface area contributed by atoms with Crippen LogP contribution in [0.3, 0.4) is 0 Å². The van der Waals surface area contributed by atoms with Gasteiger partial charge in [0.1, 0.15) is 11.9 Å². The smallest absolute Gasteiger partial charge is 0.329 e. The van der Waals surface area contributed by atoms with Crippen molar-refractivity contribution >= 4 is 33.4 Å². The van der Waals surface area contributed by atoms with Crippen molar-refractivity contribution in [2.75, 3.05) is 0 Å². The second kappa shape index (κ2) is 5.20. The van der Waals surface area contributed by atoms with E-state index < -0.39 is 0 Å². The molecular formula is C15H17BrN2O2. The van der Waals surface area contributed by atoms with E-state index in [0.29, 0.717) is 0 Å². The summed E-state index contributed by atoms with van der Waals surface area (Å²) in [7, 11) is 0. The van der Waals surface area contributed by atoms with Crippen molar-refractivity contribution < 1.29 is 9.53 Å². The number of hydrogen-bond donors (Lipinski definition) is 0. The number of fused-ring (bicyclic) bond motifs is 2. The Bertz CT molecular complexity index is 583. The molecule has 1 saturated heterocycles. The van der Waals surface area contributed by atoms with Crippen LogP contribution in [-0.2, 0) is 16.1 Å². The van der Waals surface area contributed by atoms with E-state index in [-0.39, 0.29) is 18.1 Å². The number of rotatable bonds is 2. The van der Waals surface area contributed by atoms with Crippen LogP contribution in [0.4, 0.5) is 5.69 Å². The van der Waals surface area contributed by atoms with Gasteiger partial charge >= 0.3 is 5.97 Å². The van der Waals surface area contributed by atoms with Gasteiger partial charge in [-0.15, -0.1) is 0 Å². The summed E-state index contributed by atoms with van der Waals surface area (Å²) in [6.07, 6.45) is 1.56. The molecule has 0 bridgehead atoms. The number of amidine groups is 1. The van der Waals surface area contributed by atoms with E-state index in [0.717, 1.165) is 40.9 Å². The van der Waals surface area contributed by atoms with Crippen LogP contribution >= 0.6 is 15.9 Å². The SMILES string of the molecule is CC(C)OC(=O)[C@@H]1CCC2=Nc3ccc(Br)cc3CN21. The highest BCUT2D eigenvalue weighted by Gasteiger charge is 2.38. The van der Waals surface area contributed by atoms with Crippen LogP contribution in [0.15, 0.2) is 27.7 Å². The summed E-state index contributed by atoms with van der Waals surface area (Å²) in [5.74, 6) is 0.870. The Hall–Kier alpha value is -1.36. The zero-order valence-corrected chi connectivity index (χ0v) is 13.2. The number of esters is 1. The minimum Gasteiger partial charge on any atom is -0.461 e. The Kier molecular flexibility index (Phi) is 3.54. The lowest BCUT2D eigenvalue weighted by molar-refractivity contribution is -0.152. The molecule has 5 heteroatoms. The first-order valence-electron chi connectivity index (χ1n) is 6.87. The van der Waals surface area contributed by atoms with Gasteiger partial charge in [0.2, 0.25) is 0 Å². The summed E-state index contributed by atoms with van der Waals surface area (Å²) in [5, 5.41) is 0. The Morgan fingerprint density at radius 1 is 1.50 bits per heavy atom. The number of benzene rings is 1. The van der Waals surface area contributed by atoms with Crippen molar-refractivity contribution in [3.05, 3.63) is 28.2 Å². The third kappa shape index (κ3) is 2.46. The quantitative estimate of drug-likeness (QED) is 0.777. The minimum atomic E-state index is -0.191. The fourth-order valence-corrected chi connectivity index (χ4v) is 3.14. The maximum Gasteiger partial charge on any atom is 0.329 e. The van der Waals surface area contributed by atoms with Gasteiger partial charge in [-0.3, -0.25) is 0 Å². The van der Waals surface area contributed by atoms with Crippen molar-refractivity contribution in [2.24, 2.45) is 4.99 Å². The van der Waals surface area contributed by atoms with E-state index in [1.165, 1.54) is 0 Å². The highest BCUT2D eigenvalue weighted by atomic mass is 79.9. The van der Waals surface area contributed by atoms with Crippen LogP contribution in [0.25, 0.3) is 0 Å². The summed E-state index contributed by atoms with van der Waals surface area (Å²) in [6, 6.07) is 5.89. The van der Waals surface area contributed by atoms with Gasteiger partial charge in [-0.05, 0) is 44.0 Å². The lowest BCUT2D eigenvalue weighted by Crippen LogP contribution is -2.41. The molecule has 0 aromatic heterocycles. The molecule has 1 aromatic rings. The first kappa shape index (κ1) is 13.6. The number of carbonyl (C=O) groups excluding carboxylic acids is 1. The number of hydrogen-bond acceptors (Lipinski definition) is 4. The summed E-state index contributed by atoms with van der Waals surface area (Å²) in [6.45, 7) is 4.49. The van der Waals surface area contributed by atoms with E-state index in [9.17, 15) is 4.79 Å². The molecule has 0 amide bonds. The van der Waals surface area contributed by atoms with Gasteiger partial charge in [-0.25, -0.2) is 9.79 Å². The molecule has 1 fully saturated rings. The molecule has 4 nitrogen and oxygen atoms in total. The van der Waals surface area contributed by atoms with Crippen molar-refractivity contribution in [1.29, 1.82) is 0 Å². The Balaban J connectivity index is 1.85. The van der Waals surface area contributed by atoms with Crippen LogP contribution in [0, 0.1) is 0 Å². The molecule has 20 heavy (non-hydrogen) atoms. The van der Waals surface area contributed by atoms with Crippen LogP contribution < -0.4 is 0 Å². The number of halogens is 1. The second-order valence-electron chi connectivity index (χ2n) is 5.47. The molecule has 0 N–H and O–H groups in total. The average molecular weight is 337 g/mol. The van der Waals surface area contributed by atoms with Gasteiger partial charge in [-0.1, -0.05) is 15.9 Å². The van der Waals surface area contributed by atoms with Crippen molar-refractivity contribution in [3.8, 4) is 0 Å². The average Bonchev–Trinajstić information content (AvgIpc) is 2.78. The van der Waals surface area contributed by atoms with Gasteiger partial charge in [-0.2, -0.15) is 0 Å². The monoisotopic (exact) mass is 336 g/mol. The predicted molar refractivity (Wildman–Crippen MR) is 81.0 cm³/mol. The molecule has 0 spiro atoms. The highest BCUT2D eigenvalue weighted by molar-refractivity contribution is 9.10. The molecule has 0 aliphatic carbocycles. The van der Waals surface area contributed by atoms with Gasteiger partial charge in [0, 0.05) is 17.4 Å². The minimum absolute atomic E-state index is 0.0743. The van der Waals surface area contributed by atoms with Gasteiger partial charge in [0.05, 0.1) is 11.8 Å². The largest absolute Gasteiger partial charge is 0.461 e. The number of aliphatic imine (C=N–C) groups is 1. The first-order valence-corrected chi connectivity index (χ1v) is 7.67. The molecule has 2 heterocycles. The lowest BCUT2D eigenvalue weighted by atomic mass is 10.1. The van der Waals surface area contributed by atoms with Crippen molar-refractivity contribution in [1.82, 2.24) is 4.90 Å². The Morgan fingerprint density at radius 2 is 2.30 bits per heavy atom. The summed E-state index contributed by atoms with van der Waals surface area (Å²) < 4.78 is 6.39. The predicted octanol–water partition coefficient (Wildman–Crippen LogP) is 3.41. The fraction of sp³-hybridized carbons (Fsp3) is 0.467. The number of carbonyl (C=O) groups is 1. The number of nitrogens with zero attached hydrogens (tertiary/aromatic N) is 2. The molecule has 3 rings (SSSR count). The molecule has 0 unspecified atom stereocenters. The van der Waals surface area contributed by atoms with Gasteiger partial charge < -0.3 is 9.64 Å². The van der Waals surface area contributed by atoms with Gasteiger partial charge in [0.25, 0.3) is 0 Å². The zero-order chi connectivity index (χ0) is 14.3. The van der Waals surface area contributed by atoms with Crippen LogP contribution in [-0.4, -0.2) is 28.9 Å². The number of ether oxygens (including phenoxy) is 1. The van der Waals surface area contributed by atoms with E-state index in [2.05, 4.69) is 31.9 Å². The van der Waals surface area contributed by atoms with Gasteiger partial charge in [0.15, 0.2) is 0 Å². The van der Waals surface area contributed by atoms with E-state index >= 15 is 0 Å². The van der Waals surface area contributed by atoms with Crippen LogP contribution in [0.1, 0.15) is 32.3 Å². The molecule has 0 saturated carbocycles. The zero-order valence-electron chi connectivity index (χ0n) is 11.6. The summed E-state index contributed by atoms with van der Waals surface area (Å²) in [4.78, 5) is 18.9. The molecule has 2 aliphatic rings. The third-order valence-corrected chi connectivity index (χ3v) is 4.10. The molecule has 1 aromatic carbocycles. The van der Waals surface area contributed by atoms with Crippen molar-refractivity contribution in [2.45, 2.75) is 45.4 Å². The Labute approximate surface area is 127 Å². The Morgan fingerprint density at radius 3 is 3.05 bits per heavy atom. The molecule has 106 valence electrons. The van der Waals surface area contributed by atoms with Crippen molar-refractivity contribution in [3.63, 3.8) is 0 Å². The maximum absolute atomic E-state index is 12.2. The van der Waals surface area contributed by atoms with E-state index in [1.807, 2.05) is 26.0 Å². The lowest BCUT2D eigenvalue weighted by Gasteiger charge is -2.29. The highest BCUT2D eigenvalue weighted by Crippen LogP contribution is 2.34. The summed E-state index contributed by atoms with van der Waals surface area (Å²) >= 11 is 3.48. The molecule has 2 aliphatic heterocycles. The first-order chi connectivity index (χ1) is 9.54. The second-order valence-corrected chi connectivity index (χ2v) is 6.38. The molecule has 0 radical (unpaired) electrons. The van der Waals surface area contributed by atoms with E-state index in [4.69, 9.17) is 4.74 Å². The normalized spacial score (nSPS) is 20.5. The van der Waals surface area contributed by atoms with Crippen LogP contribution in [0.5, 0.6) is 0 Å². The third-order valence-electron chi connectivity index (χ3n) is 3.60. The standard InChI is InChI=1S/C15H17BrN2O2/c1-9(2)20-15(19)13-5-6-14-17-12-4-3-11(16)7-10(12)8-18(13)14/h3-4,7,9,13H,5-6,8H2,1-2H3/t13-/m0/s1. The topological polar surface area (TPSA) is 41.9 Å². The molecular weight excluding hydrogens is 320 g/mol. The summed E-state index contributed by atoms with van der Waals surface area (Å²) in [5.41, 5.74) is 2.16. The molecule has 1 atom stereocenters. The maximum atomic E-state index is 12.2. The fourth-order valence-electron chi connectivity index (χ4n) is 2.74. The van der Waals surface area contributed by atoms with E-state index in [1.54, 1.807) is 0 Å². The van der Waals surface area contributed by atoms with Crippen LogP contribution in [0.2, 0.25) is 0 Å².